The van der Waals surface area contributed by atoms with Gasteiger partial charge in [0.25, 0.3) is 5.56 Å². The third-order valence-electron chi connectivity index (χ3n) is 4.76. The zero-order chi connectivity index (χ0) is 21.7. The van der Waals surface area contributed by atoms with Crippen LogP contribution in [0.15, 0.2) is 59.4 Å². The molecular weight excluding hydrogens is 382 g/mol. The Morgan fingerprint density at radius 3 is 2.37 bits per heavy atom. The number of anilines is 2. The van der Waals surface area contributed by atoms with Gasteiger partial charge in [0.1, 0.15) is 5.69 Å². The number of amides is 2. The van der Waals surface area contributed by atoms with Crippen LogP contribution in [0.3, 0.4) is 0 Å². The maximum Gasteiger partial charge on any atom is 0.313 e. The average Bonchev–Trinajstić information content (AvgIpc) is 2.95. The highest BCUT2D eigenvalue weighted by Gasteiger charge is 2.21. The van der Waals surface area contributed by atoms with Crippen molar-refractivity contribution in [1.82, 2.24) is 14.7 Å². The summed E-state index contributed by atoms with van der Waals surface area (Å²) >= 11 is 0. The van der Waals surface area contributed by atoms with Gasteiger partial charge in [0.05, 0.1) is 11.4 Å². The summed E-state index contributed by atoms with van der Waals surface area (Å²) in [6, 6.07) is 16.9. The van der Waals surface area contributed by atoms with Crippen LogP contribution in [0.5, 0.6) is 0 Å². The molecule has 3 rings (SSSR count). The largest absolute Gasteiger partial charge is 0.383 e. The van der Waals surface area contributed by atoms with Crippen molar-refractivity contribution < 1.29 is 9.59 Å². The molecule has 0 saturated heterocycles. The number of rotatable bonds is 6. The van der Waals surface area contributed by atoms with E-state index in [9.17, 15) is 14.4 Å². The first-order valence-electron chi connectivity index (χ1n) is 9.62. The molecule has 0 aliphatic rings. The highest BCUT2D eigenvalue weighted by molar-refractivity contribution is 6.39. The van der Waals surface area contributed by atoms with Crippen molar-refractivity contribution in [3.05, 3.63) is 76.2 Å². The van der Waals surface area contributed by atoms with Crippen molar-refractivity contribution in [2.24, 2.45) is 7.05 Å². The molecule has 0 spiro atoms. The van der Waals surface area contributed by atoms with E-state index < -0.39 is 17.4 Å². The van der Waals surface area contributed by atoms with E-state index in [0.717, 1.165) is 11.3 Å². The third-order valence-corrected chi connectivity index (χ3v) is 4.76. The van der Waals surface area contributed by atoms with E-state index in [1.165, 1.54) is 4.68 Å². The maximum atomic E-state index is 12.8. The Balaban J connectivity index is 1.60. The molecule has 0 fully saturated rings. The molecule has 8 heteroatoms. The van der Waals surface area contributed by atoms with Crippen molar-refractivity contribution in [2.45, 2.75) is 13.8 Å². The van der Waals surface area contributed by atoms with Crippen LogP contribution in [0.25, 0.3) is 5.69 Å². The van der Waals surface area contributed by atoms with Crippen molar-refractivity contribution in [1.29, 1.82) is 0 Å². The van der Waals surface area contributed by atoms with E-state index >= 15 is 0 Å². The SMILES string of the molecule is Cc1cccc(NCCNC(=O)C(=O)Nc2c(C)n(C)n(-c3ccccc3)c2=O)c1. The number of nitrogens with zero attached hydrogens (tertiary/aromatic N) is 2. The molecule has 1 heterocycles. The number of carbonyl (C=O) groups excluding carboxylic acids is 2. The molecule has 2 aromatic carbocycles. The van der Waals surface area contributed by atoms with Gasteiger partial charge < -0.3 is 16.0 Å². The van der Waals surface area contributed by atoms with Gasteiger partial charge in [-0.1, -0.05) is 30.3 Å². The molecule has 156 valence electrons. The van der Waals surface area contributed by atoms with Gasteiger partial charge in [-0.05, 0) is 43.7 Å². The zero-order valence-corrected chi connectivity index (χ0v) is 17.2. The van der Waals surface area contributed by atoms with Crippen LogP contribution in [0, 0.1) is 13.8 Å². The van der Waals surface area contributed by atoms with E-state index in [2.05, 4.69) is 16.0 Å². The van der Waals surface area contributed by atoms with Gasteiger partial charge in [-0.2, -0.15) is 0 Å². The lowest BCUT2D eigenvalue weighted by Crippen LogP contribution is -2.38. The first-order chi connectivity index (χ1) is 14.4. The first-order valence-corrected chi connectivity index (χ1v) is 9.62. The van der Waals surface area contributed by atoms with Gasteiger partial charge in [-0.25, -0.2) is 4.68 Å². The Morgan fingerprint density at radius 1 is 0.933 bits per heavy atom. The maximum absolute atomic E-state index is 12.8. The van der Waals surface area contributed by atoms with Gasteiger partial charge in [-0.15, -0.1) is 0 Å². The Labute approximate surface area is 174 Å². The smallest absolute Gasteiger partial charge is 0.313 e. The fourth-order valence-electron chi connectivity index (χ4n) is 3.10. The fraction of sp³-hybridized carbons (Fsp3) is 0.227. The summed E-state index contributed by atoms with van der Waals surface area (Å²) in [6.45, 7) is 4.44. The molecule has 0 bridgehead atoms. The normalized spacial score (nSPS) is 10.5. The summed E-state index contributed by atoms with van der Waals surface area (Å²) < 4.78 is 3.07. The second-order valence-corrected chi connectivity index (χ2v) is 6.94. The molecule has 0 aliphatic carbocycles. The summed E-state index contributed by atoms with van der Waals surface area (Å²) in [4.78, 5) is 37.2. The second kappa shape index (κ2) is 9.13. The lowest BCUT2D eigenvalue weighted by Gasteiger charge is -2.08. The van der Waals surface area contributed by atoms with E-state index in [1.807, 2.05) is 49.4 Å². The lowest BCUT2D eigenvalue weighted by molar-refractivity contribution is -0.136. The number of aromatic nitrogens is 2. The summed E-state index contributed by atoms with van der Waals surface area (Å²) in [5.74, 6) is -1.67. The Morgan fingerprint density at radius 2 is 1.67 bits per heavy atom. The van der Waals surface area contributed by atoms with E-state index in [1.54, 1.807) is 30.8 Å². The number of aryl methyl sites for hydroxylation is 1. The van der Waals surface area contributed by atoms with Gasteiger partial charge in [0.2, 0.25) is 0 Å². The number of hydrogen-bond acceptors (Lipinski definition) is 4. The monoisotopic (exact) mass is 407 g/mol. The summed E-state index contributed by atoms with van der Waals surface area (Å²) in [5.41, 5.74) is 2.96. The summed E-state index contributed by atoms with van der Waals surface area (Å²) in [5, 5.41) is 8.17. The molecule has 3 N–H and O–H groups in total. The second-order valence-electron chi connectivity index (χ2n) is 6.94. The van der Waals surface area contributed by atoms with Crippen molar-refractivity contribution in [2.75, 3.05) is 23.7 Å². The van der Waals surface area contributed by atoms with Gasteiger partial charge in [-0.3, -0.25) is 19.1 Å². The molecule has 30 heavy (non-hydrogen) atoms. The highest BCUT2D eigenvalue weighted by atomic mass is 16.2. The summed E-state index contributed by atoms with van der Waals surface area (Å²) in [7, 11) is 1.72. The van der Waals surface area contributed by atoms with Crippen molar-refractivity contribution in [3.8, 4) is 5.69 Å². The molecule has 0 saturated carbocycles. The van der Waals surface area contributed by atoms with Gasteiger partial charge in [0, 0.05) is 25.8 Å². The minimum atomic E-state index is -0.878. The molecule has 0 atom stereocenters. The van der Waals surface area contributed by atoms with Crippen molar-refractivity contribution in [3.63, 3.8) is 0 Å². The van der Waals surface area contributed by atoms with Crippen LogP contribution in [0.2, 0.25) is 0 Å². The minimum Gasteiger partial charge on any atom is -0.383 e. The molecule has 0 aliphatic heterocycles. The molecule has 2 amide bonds. The predicted octanol–water partition coefficient (Wildman–Crippen LogP) is 1.96. The van der Waals surface area contributed by atoms with Crippen LogP contribution in [-0.4, -0.2) is 34.3 Å². The number of carbonyl (C=O) groups is 2. The average molecular weight is 407 g/mol. The summed E-state index contributed by atoms with van der Waals surface area (Å²) in [6.07, 6.45) is 0. The number of nitrogens with one attached hydrogen (secondary N) is 3. The standard InChI is InChI=1S/C22H25N5O3/c1-15-8-7-9-17(14-15)23-12-13-24-20(28)21(29)25-19-16(2)26(3)27(22(19)30)18-10-5-4-6-11-18/h4-11,14,23H,12-13H2,1-3H3,(H,24,28)(H,25,29). The molecule has 0 radical (unpaired) electrons. The quantitative estimate of drug-likeness (QED) is 0.430. The first kappa shape index (κ1) is 20.9. The van der Waals surface area contributed by atoms with Crippen LogP contribution >= 0.6 is 0 Å². The minimum absolute atomic E-state index is 0.0828. The van der Waals surface area contributed by atoms with E-state index in [4.69, 9.17) is 0 Å². The zero-order valence-electron chi connectivity index (χ0n) is 17.2. The van der Waals surface area contributed by atoms with Crippen LogP contribution in [0.1, 0.15) is 11.3 Å². The van der Waals surface area contributed by atoms with Crippen molar-refractivity contribution >= 4 is 23.2 Å². The number of benzene rings is 2. The Bertz CT molecular complexity index is 1120. The van der Waals surface area contributed by atoms with Crippen LogP contribution in [-0.2, 0) is 16.6 Å². The molecule has 0 unspecified atom stereocenters. The molecular formula is C22H25N5O3. The van der Waals surface area contributed by atoms with Gasteiger partial charge >= 0.3 is 11.8 Å². The topological polar surface area (TPSA) is 97.2 Å². The van der Waals surface area contributed by atoms with Gasteiger partial charge in [0.15, 0.2) is 0 Å². The Hall–Kier alpha value is -3.81. The van der Waals surface area contributed by atoms with E-state index in [-0.39, 0.29) is 12.2 Å². The highest BCUT2D eigenvalue weighted by Crippen LogP contribution is 2.13. The predicted molar refractivity (Wildman–Crippen MR) is 117 cm³/mol. The fourth-order valence-corrected chi connectivity index (χ4v) is 3.10. The Kier molecular flexibility index (Phi) is 6.36. The molecule has 8 nitrogen and oxygen atoms in total. The number of para-hydroxylation sites is 1. The molecule has 1 aromatic heterocycles. The van der Waals surface area contributed by atoms with E-state index in [0.29, 0.717) is 17.9 Å². The lowest BCUT2D eigenvalue weighted by atomic mass is 10.2. The third kappa shape index (κ3) is 4.60. The van der Waals surface area contributed by atoms with Crippen LogP contribution in [0.4, 0.5) is 11.4 Å². The molecule has 3 aromatic rings. The van der Waals surface area contributed by atoms with Crippen LogP contribution < -0.4 is 21.5 Å². The number of hydrogen-bond donors (Lipinski definition) is 3.